The molecule has 9 N–H and O–H groups in total. The van der Waals surface area contributed by atoms with Gasteiger partial charge >= 0.3 is 0 Å². The molecule has 2 rings (SSSR count). The molecule has 168 valence electrons. The van der Waals surface area contributed by atoms with Gasteiger partial charge in [0.05, 0.1) is 6.04 Å². The molecular formula is C19H33N7O4. The Hall–Kier alpha value is -2.69. The predicted octanol–water partition coefficient (Wildman–Crippen LogP) is -2.14. The number of aliphatic imine (C=N–C) groups is 1. The van der Waals surface area contributed by atoms with E-state index in [2.05, 4.69) is 20.9 Å². The van der Waals surface area contributed by atoms with Crippen molar-refractivity contribution in [1.29, 1.82) is 0 Å². The van der Waals surface area contributed by atoms with Crippen LogP contribution in [0.2, 0.25) is 0 Å². The molecule has 0 radical (unpaired) electrons. The molecule has 0 aromatic heterocycles. The fraction of sp³-hybridized carbons (Fsp3) is 0.737. The van der Waals surface area contributed by atoms with Crippen molar-refractivity contribution in [3.63, 3.8) is 0 Å². The van der Waals surface area contributed by atoms with E-state index in [-0.39, 0.29) is 30.1 Å². The van der Waals surface area contributed by atoms with Crippen LogP contribution in [-0.4, -0.2) is 60.7 Å². The number of guanidine groups is 1. The van der Waals surface area contributed by atoms with E-state index in [1.165, 1.54) is 0 Å². The molecule has 0 bridgehead atoms. The van der Waals surface area contributed by atoms with Gasteiger partial charge in [0.1, 0.15) is 12.1 Å². The maximum Gasteiger partial charge on any atom is 0.240 e. The third-order valence-electron chi connectivity index (χ3n) is 5.70. The Balaban J connectivity index is 2.08. The molecule has 2 fully saturated rings. The highest BCUT2D eigenvalue weighted by atomic mass is 16.2. The minimum absolute atomic E-state index is 0.0434. The number of amides is 3. The Morgan fingerprint density at radius 1 is 1.03 bits per heavy atom. The van der Waals surface area contributed by atoms with Gasteiger partial charge in [0.2, 0.25) is 17.7 Å². The minimum Gasteiger partial charge on any atom is -0.370 e. The predicted molar refractivity (Wildman–Crippen MR) is 111 cm³/mol. The number of primary amides is 1. The molecule has 2 heterocycles. The number of carbonyl (C=O) groups is 4. The Bertz CT molecular complexity index is 692. The van der Waals surface area contributed by atoms with Crippen LogP contribution in [-0.2, 0) is 19.2 Å². The highest BCUT2D eigenvalue weighted by molar-refractivity contribution is 5.98. The summed E-state index contributed by atoms with van der Waals surface area (Å²) in [6.45, 7) is 2.66. The fourth-order valence-electron chi connectivity index (χ4n) is 4.04. The number of rotatable bonds is 10. The summed E-state index contributed by atoms with van der Waals surface area (Å²) in [6, 6.07) is -1.98. The van der Waals surface area contributed by atoms with Gasteiger partial charge in [-0.1, -0.05) is 19.8 Å². The summed E-state index contributed by atoms with van der Waals surface area (Å²) in [6.07, 6.45) is 3.56. The van der Waals surface area contributed by atoms with Crippen LogP contribution in [0.3, 0.4) is 0 Å². The zero-order chi connectivity index (χ0) is 22.3. The number of unbranched alkanes of at least 4 members (excludes halogenated alkanes) is 1. The normalized spacial score (nSPS) is 28.9. The molecule has 0 spiro atoms. The average molecular weight is 424 g/mol. The lowest BCUT2D eigenvalue weighted by Crippen LogP contribution is -2.64. The number of nitrogens with zero attached hydrogens (tertiary/aromatic N) is 1. The van der Waals surface area contributed by atoms with Crippen molar-refractivity contribution in [2.75, 3.05) is 13.1 Å². The first kappa shape index (κ1) is 23.6. The van der Waals surface area contributed by atoms with Crippen molar-refractivity contribution in [2.24, 2.45) is 34.0 Å². The summed E-state index contributed by atoms with van der Waals surface area (Å²) >= 11 is 0. The molecule has 0 aromatic carbocycles. The molecule has 0 aliphatic carbocycles. The van der Waals surface area contributed by atoms with E-state index in [0.29, 0.717) is 32.4 Å². The summed E-state index contributed by atoms with van der Waals surface area (Å²) in [7, 11) is 0. The number of carbonyl (C=O) groups excluding carboxylic acids is 4. The van der Waals surface area contributed by atoms with Crippen molar-refractivity contribution in [2.45, 2.75) is 63.6 Å². The fourth-order valence-corrected chi connectivity index (χ4v) is 4.04. The third-order valence-corrected chi connectivity index (χ3v) is 5.70. The summed E-state index contributed by atoms with van der Waals surface area (Å²) in [5.74, 6) is -2.98. The number of hydrogen-bond donors (Lipinski definition) is 6. The SMILES string of the molecule is CCCC[C@@H]1NC[C@@H](C(=O)C2C[C@H](C(N)=O)NC(=O)[C@@H]2CCCN=C(N)N)NC1=O. The Kier molecular flexibility index (Phi) is 8.58. The standard InChI is InChI=1S/C19H33N7O4/c1-2-3-6-12-18(30)26-14(9-24-12)15(27)11-8-13(16(20)28)25-17(29)10(11)5-4-7-23-19(21)22/h10-14,24H,2-9H2,1H3,(H2,20,28)(H,25,29)(H,26,30)(H4,21,22,23)/t10-,11?,12+,13-,14+/m1/s1. The van der Waals surface area contributed by atoms with Crippen molar-refractivity contribution in [1.82, 2.24) is 16.0 Å². The highest BCUT2D eigenvalue weighted by Gasteiger charge is 2.45. The number of nitrogens with one attached hydrogen (secondary N) is 3. The first-order valence-corrected chi connectivity index (χ1v) is 10.5. The lowest BCUT2D eigenvalue weighted by Gasteiger charge is -2.37. The van der Waals surface area contributed by atoms with E-state index < -0.39 is 35.7 Å². The summed E-state index contributed by atoms with van der Waals surface area (Å²) in [5, 5.41) is 8.50. The monoisotopic (exact) mass is 423 g/mol. The number of nitrogens with two attached hydrogens (primary N) is 3. The second-order valence-electron chi connectivity index (χ2n) is 7.93. The van der Waals surface area contributed by atoms with Crippen LogP contribution in [0.5, 0.6) is 0 Å². The quantitative estimate of drug-likeness (QED) is 0.131. The van der Waals surface area contributed by atoms with Crippen LogP contribution in [0.4, 0.5) is 0 Å². The van der Waals surface area contributed by atoms with Crippen molar-refractivity contribution < 1.29 is 19.2 Å². The minimum atomic E-state index is -0.912. The molecule has 0 aromatic rings. The smallest absolute Gasteiger partial charge is 0.240 e. The largest absolute Gasteiger partial charge is 0.370 e. The van der Waals surface area contributed by atoms with Gasteiger partial charge in [-0.05, 0) is 25.7 Å². The first-order chi connectivity index (χ1) is 14.2. The van der Waals surface area contributed by atoms with E-state index in [4.69, 9.17) is 17.2 Å². The van der Waals surface area contributed by atoms with E-state index >= 15 is 0 Å². The molecule has 1 unspecified atom stereocenters. The average Bonchev–Trinajstić information content (AvgIpc) is 2.69. The van der Waals surface area contributed by atoms with Gasteiger partial charge in [-0.2, -0.15) is 0 Å². The highest BCUT2D eigenvalue weighted by Crippen LogP contribution is 2.29. The zero-order valence-corrected chi connectivity index (χ0v) is 17.4. The van der Waals surface area contributed by atoms with Gasteiger partial charge in [0.15, 0.2) is 11.7 Å². The lowest BCUT2D eigenvalue weighted by atomic mass is 9.75. The molecule has 11 heteroatoms. The van der Waals surface area contributed by atoms with Crippen LogP contribution in [0.15, 0.2) is 4.99 Å². The van der Waals surface area contributed by atoms with Gasteiger partial charge < -0.3 is 33.2 Å². The summed E-state index contributed by atoms with van der Waals surface area (Å²) < 4.78 is 0. The van der Waals surface area contributed by atoms with E-state index in [1.54, 1.807) is 0 Å². The second kappa shape index (κ2) is 10.9. The van der Waals surface area contributed by atoms with Crippen LogP contribution >= 0.6 is 0 Å². The molecular weight excluding hydrogens is 390 g/mol. The number of piperidine rings is 1. The Labute approximate surface area is 176 Å². The Morgan fingerprint density at radius 3 is 2.33 bits per heavy atom. The van der Waals surface area contributed by atoms with Gasteiger partial charge in [0.25, 0.3) is 0 Å². The topological polar surface area (TPSA) is 195 Å². The van der Waals surface area contributed by atoms with Crippen LogP contribution in [0, 0.1) is 11.8 Å². The zero-order valence-electron chi connectivity index (χ0n) is 17.4. The van der Waals surface area contributed by atoms with Gasteiger partial charge in [-0.15, -0.1) is 0 Å². The maximum absolute atomic E-state index is 13.2. The molecule has 3 amide bonds. The van der Waals surface area contributed by atoms with Crippen molar-refractivity contribution in [3.8, 4) is 0 Å². The van der Waals surface area contributed by atoms with Crippen LogP contribution in [0.1, 0.15) is 45.4 Å². The van der Waals surface area contributed by atoms with Gasteiger partial charge in [0, 0.05) is 24.9 Å². The number of ketones is 1. The van der Waals surface area contributed by atoms with Gasteiger partial charge in [-0.3, -0.25) is 24.2 Å². The molecule has 2 saturated heterocycles. The van der Waals surface area contributed by atoms with E-state index in [1.807, 2.05) is 6.92 Å². The summed E-state index contributed by atoms with van der Waals surface area (Å²) in [4.78, 5) is 53.8. The van der Waals surface area contributed by atoms with Gasteiger partial charge in [-0.25, -0.2) is 0 Å². The van der Waals surface area contributed by atoms with Crippen LogP contribution in [0.25, 0.3) is 0 Å². The first-order valence-electron chi connectivity index (χ1n) is 10.5. The molecule has 0 saturated carbocycles. The number of Topliss-reactive ketones (excluding diaryl/α,β-unsaturated/α-hetero) is 1. The molecule has 2 aliphatic rings. The summed E-state index contributed by atoms with van der Waals surface area (Å²) in [5.41, 5.74) is 16.0. The van der Waals surface area contributed by atoms with E-state index in [9.17, 15) is 19.2 Å². The van der Waals surface area contributed by atoms with Crippen LogP contribution < -0.4 is 33.2 Å². The lowest BCUT2D eigenvalue weighted by molar-refractivity contribution is -0.143. The van der Waals surface area contributed by atoms with Crippen molar-refractivity contribution in [3.05, 3.63) is 0 Å². The van der Waals surface area contributed by atoms with Crippen molar-refractivity contribution >= 4 is 29.5 Å². The second-order valence-corrected chi connectivity index (χ2v) is 7.93. The molecule has 11 nitrogen and oxygen atoms in total. The maximum atomic E-state index is 13.2. The van der Waals surface area contributed by atoms with E-state index in [0.717, 1.165) is 12.8 Å². The molecule has 30 heavy (non-hydrogen) atoms. The molecule has 5 atom stereocenters. The molecule has 2 aliphatic heterocycles. The third kappa shape index (κ3) is 6.15. The Morgan fingerprint density at radius 2 is 1.73 bits per heavy atom. The number of hydrogen-bond acceptors (Lipinski definition) is 6. The number of piperazine rings is 1.